The zero-order valence-corrected chi connectivity index (χ0v) is 8.64. The number of carboxylic acid groups (broad SMARTS) is 1. The molecule has 0 aliphatic rings. The second-order valence-electron chi connectivity index (χ2n) is 2.56. The van der Waals surface area contributed by atoms with Crippen LogP contribution in [0.5, 0.6) is 0 Å². The van der Waals surface area contributed by atoms with Crippen LogP contribution in [0.3, 0.4) is 0 Å². The van der Waals surface area contributed by atoms with Crippen LogP contribution in [0.2, 0.25) is 5.15 Å². The Labute approximate surface area is 95.5 Å². The van der Waals surface area contributed by atoms with Gasteiger partial charge in [-0.1, -0.05) is 28.6 Å². The minimum absolute atomic E-state index is 0.0154. The molecular weight excluding hydrogens is 232 g/mol. The number of aromatic carboxylic acids is 1. The molecule has 0 spiro atoms. The molecule has 1 aromatic heterocycles. The van der Waals surface area contributed by atoms with Crippen LogP contribution in [0.25, 0.3) is 10.4 Å². The molecule has 1 aromatic rings. The quantitative estimate of drug-likeness (QED) is 0.280. The van der Waals surface area contributed by atoms with Crippen molar-refractivity contribution < 1.29 is 9.90 Å². The van der Waals surface area contributed by atoms with Gasteiger partial charge in [0.25, 0.3) is 0 Å². The SMILES string of the molecule is [N-]=[N+]=NCC#Cc1cnc(Cl)c(C(=O)O)c1. The predicted molar refractivity (Wildman–Crippen MR) is 57.1 cm³/mol. The number of halogens is 1. The highest BCUT2D eigenvalue weighted by atomic mass is 35.5. The second kappa shape index (κ2) is 5.61. The number of rotatable bonds is 2. The van der Waals surface area contributed by atoms with Gasteiger partial charge in [0.1, 0.15) is 5.15 Å². The van der Waals surface area contributed by atoms with Crippen LogP contribution in [0, 0.1) is 11.8 Å². The van der Waals surface area contributed by atoms with Crippen LogP contribution >= 0.6 is 11.6 Å². The van der Waals surface area contributed by atoms with E-state index in [2.05, 4.69) is 26.9 Å². The number of carbonyl (C=O) groups is 1. The summed E-state index contributed by atoms with van der Waals surface area (Å²) in [7, 11) is 0. The maximum Gasteiger partial charge on any atom is 0.338 e. The smallest absolute Gasteiger partial charge is 0.338 e. The highest BCUT2D eigenvalue weighted by Crippen LogP contribution is 2.13. The Morgan fingerprint density at radius 3 is 3.12 bits per heavy atom. The molecule has 1 N–H and O–H groups in total. The molecule has 6 nitrogen and oxygen atoms in total. The third kappa shape index (κ3) is 3.17. The lowest BCUT2D eigenvalue weighted by Gasteiger charge is -1.97. The zero-order valence-electron chi connectivity index (χ0n) is 7.88. The molecule has 0 atom stereocenters. The first-order chi connectivity index (χ1) is 7.65. The molecule has 0 saturated heterocycles. The van der Waals surface area contributed by atoms with Crippen molar-refractivity contribution in [2.45, 2.75) is 0 Å². The number of hydrogen-bond acceptors (Lipinski definition) is 3. The Morgan fingerprint density at radius 1 is 1.75 bits per heavy atom. The van der Waals surface area contributed by atoms with E-state index in [1.807, 2.05) is 0 Å². The third-order valence-electron chi connectivity index (χ3n) is 1.52. The van der Waals surface area contributed by atoms with E-state index in [1.54, 1.807) is 0 Å². The summed E-state index contributed by atoms with van der Waals surface area (Å²) in [5, 5.41) is 11.9. The van der Waals surface area contributed by atoms with Gasteiger partial charge in [-0.2, -0.15) is 0 Å². The summed E-state index contributed by atoms with van der Waals surface area (Å²) in [4.78, 5) is 16.9. The molecule has 0 saturated carbocycles. The number of aromatic nitrogens is 1. The van der Waals surface area contributed by atoms with Crippen LogP contribution in [-0.4, -0.2) is 22.6 Å². The molecule has 0 fully saturated rings. The van der Waals surface area contributed by atoms with Gasteiger partial charge in [0, 0.05) is 16.7 Å². The van der Waals surface area contributed by atoms with Crippen LogP contribution in [0.15, 0.2) is 17.4 Å². The fraction of sp³-hybridized carbons (Fsp3) is 0.111. The van der Waals surface area contributed by atoms with Crippen LogP contribution < -0.4 is 0 Å². The highest BCUT2D eigenvalue weighted by molar-refractivity contribution is 6.32. The monoisotopic (exact) mass is 236 g/mol. The number of hydrogen-bond donors (Lipinski definition) is 1. The van der Waals surface area contributed by atoms with Crippen molar-refractivity contribution >= 4 is 17.6 Å². The van der Waals surface area contributed by atoms with E-state index in [1.165, 1.54) is 12.3 Å². The van der Waals surface area contributed by atoms with Crippen molar-refractivity contribution in [2.24, 2.45) is 5.11 Å². The number of pyridine rings is 1. The summed E-state index contributed by atoms with van der Waals surface area (Å²) in [5.41, 5.74) is 8.28. The molecule has 0 aliphatic heterocycles. The molecule has 1 rings (SSSR count). The molecule has 1 heterocycles. The third-order valence-corrected chi connectivity index (χ3v) is 1.82. The Hall–Kier alpha value is -2.22. The normalized spacial score (nSPS) is 8.56. The summed E-state index contributed by atoms with van der Waals surface area (Å²) in [5.74, 6) is 3.97. The average molecular weight is 237 g/mol. The zero-order chi connectivity index (χ0) is 12.0. The average Bonchev–Trinajstić information content (AvgIpc) is 2.26. The Morgan fingerprint density at radius 2 is 2.50 bits per heavy atom. The molecule has 16 heavy (non-hydrogen) atoms. The van der Waals surface area contributed by atoms with Gasteiger partial charge in [0.2, 0.25) is 0 Å². The van der Waals surface area contributed by atoms with E-state index in [0.29, 0.717) is 5.56 Å². The van der Waals surface area contributed by atoms with Gasteiger partial charge in [-0.25, -0.2) is 9.78 Å². The fourth-order valence-electron chi connectivity index (χ4n) is 0.875. The van der Waals surface area contributed by atoms with E-state index in [-0.39, 0.29) is 17.3 Å². The first-order valence-corrected chi connectivity index (χ1v) is 4.41. The van der Waals surface area contributed by atoms with E-state index in [9.17, 15) is 4.79 Å². The van der Waals surface area contributed by atoms with Crippen molar-refractivity contribution in [2.75, 3.05) is 6.54 Å². The lowest BCUT2D eigenvalue weighted by molar-refractivity contribution is 0.0696. The highest BCUT2D eigenvalue weighted by Gasteiger charge is 2.09. The van der Waals surface area contributed by atoms with Crippen molar-refractivity contribution in [1.29, 1.82) is 0 Å². The van der Waals surface area contributed by atoms with Gasteiger partial charge in [-0.05, 0) is 11.6 Å². The van der Waals surface area contributed by atoms with Crippen LogP contribution in [-0.2, 0) is 0 Å². The van der Waals surface area contributed by atoms with Crippen molar-refractivity contribution in [3.63, 3.8) is 0 Å². The summed E-state index contributed by atoms with van der Waals surface area (Å²) in [6, 6.07) is 1.31. The van der Waals surface area contributed by atoms with E-state index in [4.69, 9.17) is 22.2 Å². The maximum absolute atomic E-state index is 10.7. The largest absolute Gasteiger partial charge is 0.478 e. The molecule has 0 aromatic carbocycles. The van der Waals surface area contributed by atoms with Gasteiger partial charge < -0.3 is 5.11 Å². The molecule has 0 amide bonds. The Balaban J connectivity index is 2.97. The van der Waals surface area contributed by atoms with Gasteiger partial charge >= 0.3 is 5.97 Å². The number of azide groups is 1. The minimum atomic E-state index is -1.17. The molecule has 7 heteroatoms. The molecule has 0 unspecified atom stereocenters. The van der Waals surface area contributed by atoms with E-state index >= 15 is 0 Å². The first-order valence-electron chi connectivity index (χ1n) is 4.03. The summed E-state index contributed by atoms with van der Waals surface area (Å²) < 4.78 is 0. The van der Waals surface area contributed by atoms with Gasteiger partial charge in [0.15, 0.2) is 0 Å². The fourth-order valence-corrected chi connectivity index (χ4v) is 1.06. The Kier molecular flexibility index (Phi) is 4.16. The first kappa shape index (κ1) is 11.9. The Bertz CT molecular complexity index is 526. The van der Waals surface area contributed by atoms with Crippen LogP contribution in [0.1, 0.15) is 15.9 Å². The van der Waals surface area contributed by atoms with E-state index < -0.39 is 5.97 Å². The van der Waals surface area contributed by atoms with Gasteiger partial charge in [0.05, 0.1) is 12.1 Å². The standard InChI is InChI=1S/C9H5ClN4O2/c10-8-7(9(15)16)4-6(5-12-8)2-1-3-13-14-11/h4-5H,3H2,(H,15,16). The summed E-state index contributed by atoms with van der Waals surface area (Å²) in [6.07, 6.45) is 1.35. The van der Waals surface area contributed by atoms with Crippen LogP contribution in [0.4, 0.5) is 0 Å². The van der Waals surface area contributed by atoms with Crippen molar-refractivity contribution in [1.82, 2.24) is 4.98 Å². The summed E-state index contributed by atoms with van der Waals surface area (Å²) in [6.45, 7) is 0.0154. The molecule has 0 bridgehead atoms. The van der Waals surface area contributed by atoms with Gasteiger partial charge in [-0.3, -0.25) is 0 Å². The number of carboxylic acids is 1. The predicted octanol–water partition coefficient (Wildman–Crippen LogP) is 2.10. The van der Waals surface area contributed by atoms with Gasteiger partial charge in [-0.15, -0.1) is 0 Å². The molecule has 0 aliphatic carbocycles. The lowest BCUT2D eigenvalue weighted by atomic mass is 10.2. The van der Waals surface area contributed by atoms with Crippen molar-refractivity contribution in [3.8, 4) is 11.8 Å². The number of nitrogens with zero attached hydrogens (tertiary/aromatic N) is 4. The van der Waals surface area contributed by atoms with Crippen molar-refractivity contribution in [3.05, 3.63) is 39.0 Å². The molecule has 80 valence electrons. The summed E-state index contributed by atoms with van der Waals surface area (Å²) >= 11 is 5.57. The maximum atomic E-state index is 10.7. The lowest BCUT2D eigenvalue weighted by Crippen LogP contribution is -1.99. The van der Waals surface area contributed by atoms with E-state index in [0.717, 1.165) is 0 Å². The second-order valence-corrected chi connectivity index (χ2v) is 2.92. The molecule has 0 radical (unpaired) electrons. The molecular formula is C9H5ClN4O2. The topological polar surface area (TPSA) is 99.0 Å². The minimum Gasteiger partial charge on any atom is -0.478 e.